The third-order valence-corrected chi connectivity index (χ3v) is 4.37. The minimum atomic E-state index is -0.149. The predicted molar refractivity (Wildman–Crippen MR) is 84.0 cm³/mol. The number of hydrogen-bond acceptors (Lipinski definition) is 3. The molecule has 21 heavy (non-hydrogen) atoms. The number of benzene rings is 2. The van der Waals surface area contributed by atoms with Gasteiger partial charge < -0.3 is 16.2 Å². The number of carbonyl (C=O) groups is 1. The third-order valence-electron chi connectivity index (χ3n) is 4.37. The van der Waals surface area contributed by atoms with Gasteiger partial charge in [0.25, 0.3) is 5.91 Å². The molecule has 4 heteroatoms. The summed E-state index contributed by atoms with van der Waals surface area (Å²) < 4.78 is 0. The highest BCUT2D eigenvalue weighted by Crippen LogP contribution is 2.27. The highest BCUT2D eigenvalue weighted by molar-refractivity contribution is 6.04. The standard InChI is InChI=1S/C17H20N2O2/c18-15-9-12-5-2-1-4-11(12)8-14(15)17(21)19-16-7-3-6-13(16)10-20/h1-2,4-5,8-9,13,16,20H,3,6-7,10,18H2,(H,19,21). The van der Waals surface area contributed by atoms with E-state index in [0.29, 0.717) is 11.3 Å². The van der Waals surface area contributed by atoms with Crippen LogP contribution in [0.2, 0.25) is 0 Å². The molecule has 2 aromatic carbocycles. The zero-order chi connectivity index (χ0) is 14.8. The molecule has 1 amide bonds. The van der Waals surface area contributed by atoms with Crippen molar-refractivity contribution in [3.8, 4) is 0 Å². The second-order valence-corrected chi connectivity index (χ2v) is 5.74. The first-order valence-electron chi connectivity index (χ1n) is 7.39. The van der Waals surface area contributed by atoms with Crippen molar-refractivity contribution in [1.82, 2.24) is 5.32 Å². The molecule has 0 bridgehead atoms. The van der Waals surface area contributed by atoms with Crippen LogP contribution in [0.4, 0.5) is 5.69 Å². The van der Waals surface area contributed by atoms with E-state index in [2.05, 4.69) is 5.32 Å². The van der Waals surface area contributed by atoms with E-state index in [1.165, 1.54) is 0 Å². The lowest BCUT2D eigenvalue weighted by Crippen LogP contribution is -2.38. The molecule has 1 aliphatic rings. The Labute approximate surface area is 124 Å². The summed E-state index contributed by atoms with van der Waals surface area (Å²) in [5.41, 5.74) is 7.02. The Hall–Kier alpha value is -2.07. The van der Waals surface area contributed by atoms with Crippen LogP contribution in [0, 0.1) is 5.92 Å². The van der Waals surface area contributed by atoms with E-state index in [-0.39, 0.29) is 24.5 Å². The van der Waals surface area contributed by atoms with Crippen LogP contribution >= 0.6 is 0 Å². The number of aliphatic hydroxyl groups is 1. The van der Waals surface area contributed by atoms with E-state index in [1.54, 1.807) is 0 Å². The van der Waals surface area contributed by atoms with Crippen LogP contribution in [0.3, 0.4) is 0 Å². The summed E-state index contributed by atoms with van der Waals surface area (Å²) in [6.07, 6.45) is 2.93. The Morgan fingerprint density at radius 3 is 2.67 bits per heavy atom. The van der Waals surface area contributed by atoms with Gasteiger partial charge in [-0.05, 0) is 35.7 Å². The van der Waals surface area contributed by atoms with E-state index in [0.717, 1.165) is 30.0 Å². The Balaban J connectivity index is 1.85. The van der Waals surface area contributed by atoms with Crippen LogP contribution in [0.15, 0.2) is 36.4 Å². The first-order valence-corrected chi connectivity index (χ1v) is 7.39. The number of amides is 1. The van der Waals surface area contributed by atoms with Crippen LogP contribution in [0.1, 0.15) is 29.6 Å². The number of fused-ring (bicyclic) bond motifs is 1. The number of carbonyl (C=O) groups excluding carboxylic acids is 1. The van der Waals surface area contributed by atoms with Crippen LogP contribution in [0.25, 0.3) is 10.8 Å². The minimum absolute atomic E-state index is 0.0494. The maximum atomic E-state index is 12.5. The van der Waals surface area contributed by atoms with Crippen molar-refractivity contribution in [2.75, 3.05) is 12.3 Å². The second kappa shape index (κ2) is 5.74. The average molecular weight is 284 g/mol. The van der Waals surface area contributed by atoms with E-state index in [4.69, 9.17) is 5.73 Å². The number of nitrogens with one attached hydrogen (secondary N) is 1. The number of aliphatic hydroxyl groups excluding tert-OH is 1. The van der Waals surface area contributed by atoms with Gasteiger partial charge in [0.05, 0.1) is 5.56 Å². The van der Waals surface area contributed by atoms with Gasteiger partial charge in [0.2, 0.25) is 0 Å². The molecule has 2 aromatic rings. The van der Waals surface area contributed by atoms with E-state index < -0.39 is 0 Å². The molecule has 0 aliphatic heterocycles. The molecule has 1 saturated carbocycles. The largest absolute Gasteiger partial charge is 0.398 e. The van der Waals surface area contributed by atoms with Crippen molar-refractivity contribution in [3.05, 3.63) is 42.0 Å². The lowest BCUT2D eigenvalue weighted by molar-refractivity contribution is 0.0917. The van der Waals surface area contributed by atoms with Crippen molar-refractivity contribution >= 4 is 22.4 Å². The van der Waals surface area contributed by atoms with Crippen molar-refractivity contribution in [1.29, 1.82) is 0 Å². The molecule has 110 valence electrons. The zero-order valence-corrected chi connectivity index (χ0v) is 11.9. The first kappa shape index (κ1) is 13.9. The first-order chi connectivity index (χ1) is 10.2. The number of rotatable bonds is 3. The Morgan fingerprint density at radius 2 is 1.95 bits per heavy atom. The molecule has 3 rings (SSSR count). The summed E-state index contributed by atoms with van der Waals surface area (Å²) in [6.45, 7) is 0.123. The van der Waals surface area contributed by atoms with Crippen molar-refractivity contribution in [3.63, 3.8) is 0 Å². The van der Waals surface area contributed by atoms with Crippen LogP contribution < -0.4 is 11.1 Å². The number of nitrogens with two attached hydrogens (primary N) is 1. The quantitative estimate of drug-likeness (QED) is 0.757. The molecule has 4 N–H and O–H groups in total. The fourth-order valence-electron chi connectivity index (χ4n) is 3.15. The molecule has 0 radical (unpaired) electrons. The second-order valence-electron chi connectivity index (χ2n) is 5.74. The fraction of sp³-hybridized carbons (Fsp3) is 0.353. The topological polar surface area (TPSA) is 75.4 Å². The van der Waals surface area contributed by atoms with Crippen molar-refractivity contribution in [2.45, 2.75) is 25.3 Å². The van der Waals surface area contributed by atoms with E-state index in [9.17, 15) is 9.90 Å². The van der Waals surface area contributed by atoms with Gasteiger partial charge in [0.15, 0.2) is 0 Å². The predicted octanol–water partition coefficient (Wildman–Crippen LogP) is 2.31. The number of hydrogen-bond donors (Lipinski definition) is 3. The molecular formula is C17H20N2O2. The van der Waals surface area contributed by atoms with Gasteiger partial charge in [-0.2, -0.15) is 0 Å². The van der Waals surface area contributed by atoms with Crippen LogP contribution in [-0.2, 0) is 0 Å². The summed E-state index contributed by atoms with van der Waals surface area (Å²) >= 11 is 0. The summed E-state index contributed by atoms with van der Waals surface area (Å²) in [5.74, 6) is 0.0132. The summed E-state index contributed by atoms with van der Waals surface area (Å²) in [6, 6.07) is 11.6. The Morgan fingerprint density at radius 1 is 1.24 bits per heavy atom. The highest BCUT2D eigenvalue weighted by Gasteiger charge is 2.28. The summed E-state index contributed by atoms with van der Waals surface area (Å²) in [5, 5.41) is 14.4. The molecule has 1 aliphatic carbocycles. The van der Waals surface area contributed by atoms with Gasteiger partial charge in [-0.25, -0.2) is 0 Å². The van der Waals surface area contributed by atoms with E-state index >= 15 is 0 Å². The molecule has 2 atom stereocenters. The zero-order valence-electron chi connectivity index (χ0n) is 11.9. The lowest BCUT2D eigenvalue weighted by atomic mass is 10.0. The Kier molecular flexibility index (Phi) is 3.80. The van der Waals surface area contributed by atoms with Gasteiger partial charge >= 0.3 is 0 Å². The van der Waals surface area contributed by atoms with Crippen molar-refractivity contribution < 1.29 is 9.90 Å². The molecule has 0 aromatic heterocycles. The summed E-state index contributed by atoms with van der Waals surface area (Å²) in [7, 11) is 0. The number of anilines is 1. The van der Waals surface area contributed by atoms with Gasteiger partial charge in [-0.3, -0.25) is 4.79 Å². The molecule has 0 heterocycles. The Bertz CT molecular complexity index is 669. The van der Waals surface area contributed by atoms with Gasteiger partial charge in [0, 0.05) is 24.3 Å². The van der Waals surface area contributed by atoms with Crippen LogP contribution in [0.5, 0.6) is 0 Å². The SMILES string of the molecule is Nc1cc2ccccc2cc1C(=O)NC1CCCC1CO. The smallest absolute Gasteiger partial charge is 0.253 e. The molecule has 0 saturated heterocycles. The maximum absolute atomic E-state index is 12.5. The maximum Gasteiger partial charge on any atom is 0.253 e. The molecule has 2 unspecified atom stereocenters. The molecule has 1 fully saturated rings. The monoisotopic (exact) mass is 284 g/mol. The van der Waals surface area contributed by atoms with E-state index in [1.807, 2.05) is 36.4 Å². The molecular weight excluding hydrogens is 264 g/mol. The number of nitrogen functional groups attached to an aromatic ring is 1. The highest BCUT2D eigenvalue weighted by atomic mass is 16.3. The molecule has 0 spiro atoms. The fourth-order valence-corrected chi connectivity index (χ4v) is 3.15. The lowest BCUT2D eigenvalue weighted by Gasteiger charge is -2.19. The van der Waals surface area contributed by atoms with Gasteiger partial charge in [-0.15, -0.1) is 0 Å². The van der Waals surface area contributed by atoms with Gasteiger partial charge in [-0.1, -0.05) is 30.7 Å². The molecule has 4 nitrogen and oxygen atoms in total. The summed E-state index contributed by atoms with van der Waals surface area (Å²) in [4.78, 5) is 12.5. The van der Waals surface area contributed by atoms with Crippen molar-refractivity contribution in [2.24, 2.45) is 5.92 Å². The normalized spacial score (nSPS) is 21.6. The minimum Gasteiger partial charge on any atom is -0.398 e. The van der Waals surface area contributed by atoms with Gasteiger partial charge in [0.1, 0.15) is 0 Å². The third kappa shape index (κ3) is 2.72. The van der Waals surface area contributed by atoms with Crippen LogP contribution in [-0.4, -0.2) is 23.7 Å². The average Bonchev–Trinajstić information content (AvgIpc) is 2.93.